The first kappa shape index (κ1) is 12.1. The van der Waals surface area contributed by atoms with Crippen LogP contribution in [0, 0.1) is 6.92 Å². The van der Waals surface area contributed by atoms with E-state index in [2.05, 4.69) is 17.0 Å². The van der Waals surface area contributed by atoms with Crippen molar-refractivity contribution in [2.24, 2.45) is 5.84 Å². The second-order valence-corrected chi connectivity index (χ2v) is 2.35. The zero-order chi connectivity index (χ0) is 10.3. The van der Waals surface area contributed by atoms with Crippen LogP contribution in [0.5, 0.6) is 5.75 Å². The van der Waals surface area contributed by atoms with E-state index in [1.54, 1.807) is 7.11 Å². The number of hydrogen-bond donors (Lipinski definition) is 2. The van der Waals surface area contributed by atoms with Gasteiger partial charge in [0.05, 0.1) is 12.8 Å². The predicted molar refractivity (Wildman–Crippen MR) is 57.3 cm³/mol. The Morgan fingerprint density at radius 2 is 2.00 bits per heavy atom. The van der Waals surface area contributed by atoms with Gasteiger partial charge in [0, 0.05) is 6.38 Å². The number of nitrogens with one attached hydrogen (secondary N) is 1. The molecule has 0 aromatic heterocycles. The van der Waals surface area contributed by atoms with Gasteiger partial charge in [-0.2, -0.15) is 0 Å². The van der Waals surface area contributed by atoms with E-state index in [0.717, 1.165) is 17.0 Å². The summed E-state index contributed by atoms with van der Waals surface area (Å²) in [6, 6.07) is 5.78. The summed E-state index contributed by atoms with van der Waals surface area (Å²) in [4.78, 5) is 0. The van der Waals surface area contributed by atoms with Crippen LogP contribution < -0.4 is 16.0 Å². The number of hydrogen-bond acceptors (Lipinski definition) is 3. The van der Waals surface area contributed by atoms with Crippen molar-refractivity contribution in [1.82, 2.24) is 0 Å². The third kappa shape index (κ3) is 3.53. The van der Waals surface area contributed by atoms with E-state index in [1.165, 1.54) is 6.38 Å². The lowest BCUT2D eigenvalue weighted by molar-refractivity contribution is 0.416. The number of alkyl halides is 1. The van der Waals surface area contributed by atoms with Crippen LogP contribution in [-0.2, 0) is 0 Å². The summed E-state index contributed by atoms with van der Waals surface area (Å²) in [6.45, 7) is 2.00. The first-order valence-electron chi connectivity index (χ1n) is 3.77. The fraction of sp³-hybridized carbons (Fsp3) is 0.333. The van der Waals surface area contributed by atoms with Crippen LogP contribution in [0.4, 0.5) is 5.69 Å². The molecule has 0 aliphatic heterocycles. The molecule has 3 nitrogen and oxygen atoms in total. The monoisotopic (exact) mass is 202 g/mol. The van der Waals surface area contributed by atoms with Crippen molar-refractivity contribution in [3.05, 3.63) is 23.8 Å². The lowest BCUT2D eigenvalue weighted by atomic mass is 10.2. The standard InChI is InChI=1S/C8H12N2O.CH3Cl/c1-6-3-4-7(10-9)8(5-6)11-2;1-2/h3-5,10H,9H2,1-2H3;1H3. The molecular formula is C9H15ClN2O. The molecule has 0 bridgehead atoms. The number of ether oxygens (including phenoxy) is 1. The van der Waals surface area contributed by atoms with Crippen LogP contribution in [0.3, 0.4) is 0 Å². The average molecular weight is 203 g/mol. The molecule has 0 spiro atoms. The highest BCUT2D eigenvalue weighted by atomic mass is 35.5. The van der Waals surface area contributed by atoms with Crippen molar-refractivity contribution in [2.45, 2.75) is 6.92 Å². The molecule has 0 saturated heterocycles. The third-order valence-electron chi connectivity index (χ3n) is 1.51. The molecule has 4 heteroatoms. The molecule has 0 fully saturated rings. The third-order valence-corrected chi connectivity index (χ3v) is 1.51. The summed E-state index contributed by atoms with van der Waals surface area (Å²) in [5.74, 6) is 6.02. The van der Waals surface area contributed by atoms with Crippen LogP contribution in [0.2, 0.25) is 0 Å². The second kappa shape index (κ2) is 6.57. The molecule has 0 heterocycles. The van der Waals surface area contributed by atoms with E-state index in [4.69, 9.17) is 10.6 Å². The molecule has 1 rings (SSSR count). The quantitative estimate of drug-likeness (QED) is 0.439. The van der Waals surface area contributed by atoms with Gasteiger partial charge in [-0.25, -0.2) is 0 Å². The van der Waals surface area contributed by atoms with Crippen LogP contribution in [-0.4, -0.2) is 13.5 Å². The van der Waals surface area contributed by atoms with E-state index in [9.17, 15) is 0 Å². The Labute approximate surface area is 83.8 Å². The highest BCUT2D eigenvalue weighted by molar-refractivity contribution is 6.15. The van der Waals surface area contributed by atoms with Gasteiger partial charge in [-0.1, -0.05) is 6.07 Å². The first-order chi connectivity index (χ1) is 6.27. The Balaban J connectivity index is 0.000000671. The molecule has 0 aliphatic carbocycles. The summed E-state index contributed by atoms with van der Waals surface area (Å²) in [5, 5.41) is 0. The molecule has 0 aliphatic rings. The summed E-state index contributed by atoms with van der Waals surface area (Å²) in [7, 11) is 1.62. The van der Waals surface area contributed by atoms with E-state index < -0.39 is 0 Å². The summed E-state index contributed by atoms with van der Waals surface area (Å²) in [6.07, 6.45) is 1.47. The van der Waals surface area contributed by atoms with E-state index in [-0.39, 0.29) is 0 Å². The molecule has 0 saturated carbocycles. The van der Waals surface area contributed by atoms with Gasteiger partial charge in [0.15, 0.2) is 0 Å². The molecule has 1 aromatic carbocycles. The minimum absolute atomic E-state index is 0.771. The van der Waals surface area contributed by atoms with Crippen LogP contribution in [0.25, 0.3) is 0 Å². The van der Waals surface area contributed by atoms with Crippen LogP contribution >= 0.6 is 11.6 Å². The smallest absolute Gasteiger partial charge is 0.143 e. The largest absolute Gasteiger partial charge is 0.495 e. The number of nitrogen functional groups attached to an aromatic ring is 1. The SMILES string of the molecule is CCl.COc1cc(C)ccc1NN. The van der Waals surface area contributed by atoms with Crippen molar-refractivity contribution >= 4 is 17.3 Å². The zero-order valence-electron chi connectivity index (χ0n) is 8.10. The number of aryl methyl sites for hydroxylation is 1. The minimum atomic E-state index is 0.771. The molecule has 13 heavy (non-hydrogen) atoms. The van der Waals surface area contributed by atoms with Crippen molar-refractivity contribution in [3.63, 3.8) is 0 Å². The fourth-order valence-corrected chi connectivity index (χ4v) is 0.918. The summed E-state index contributed by atoms with van der Waals surface area (Å²) >= 11 is 4.64. The molecule has 0 radical (unpaired) electrons. The number of benzene rings is 1. The highest BCUT2D eigenvalue weighted by Crippen LogP contribution is 2.23. The average Bonchev–Trinajstić information content (AvgIpc) is 2.20. The van der Waals surface area contributed by atoms with Crippen molar-refractivity contribution in [1.29, 1.82) is 0 Å². The number of nitrogens with two attached hydrogens (primary N) is 1. The Bertz CT molecular complexity index is 253. The van der Waals surface area contributed by atoms with Gasteiger partial charge in [0.25, 0.3) is 0 Å². The van der Waals surface area contributed by atoms with Crippen molar-refractivity contribution in [2.75, 3.05) is 18.9 Å². The normalized spacial score (nSPS) is 8.38. The van der Waals surface area contributed by atoms with Gasteiger partial charge in [0.2, 0.25) is 0 Å². The molecule has 0 unspecified atom stereocenters. The summed E-state index contributed by atoms with van der Waals surface area (Å²) < 4.78 is 5.07. The van der Waals surface area contributed by atoms with Crippen LogP contribution in [0.1, 0.15) is 5.56 Å². The van der Waals surface area contributed by atoms with Gasteiger partial charge in [-0.05, 0) is 24.6 Å². The van der Waals surface area contributed by atoms with E-state index in [0.29, 0.717) is 0 Å². The highest BCUT2D eigenvalue weighted by Gasteiger charge is 1.98. The van der Waals surface area contributed by atoms with Crippen LogP contribution in [0.15, 0.2) is 18.2 Å². The lowest BCUT2D eigenvalue weighted by Gasteiger charge is -2.07. The number of halogens is 1. The van der Waals surface area contributed by atoms with Gasteiger partial charge < -0.3 is 10.2 Å². The second-order valence-electron chi connectivity index (χ2n) is 2.35. The van der Waals surface area contributed by atoms with Crippen molar-refractivity contribution in [3.8, 4) is 5.75 Å². The number of methoxy groups -OCH3 is 1. The molecule has 74 valence electrons. The predicted octanol–water partition coefficient (Wildman–Crippen LogP) is 2.14. The first-order valence-corrected chi connectivity index (χ1v) is 4.52. The summed E-state index contributed by atoms with van der Waals surface area (Å²) in [5.41, 5.74) is 4.51. The number of hydrazine groups is 1. The number of anilines is 1. The molecular weight excluding hydrogens is 188 g/mol. The van der Waals surface area contributed by atoms with Gasteiger partial charge in [-0.15, -0.1) is 11.6 Å². The zero-order valence-corrected chi connectivity index (χ0v) is 8.85. The van der Waals surface area contributed by atoms with Crippen molar-refractivity contribution < 1.29 is 4.74 Å². The maximum atomic E-state index is 5.25. The number of rotatable bonds is 2. The topological polar surface area (TPSA) is 47.3 Å². The molecule has 1 aromatic rings. The Morgan fingerprint density at radius 1 is 1.38 bits per heavy atom. The molecule has 0 atom stereocenters. The van der Waals surface area contributed by atoms with Gasteiger partial charge in [0.1, 0.15) is 5.75 Å². The molecule has 3 N–H and O–H groups in total. The Morgan fingerprint density at radius 3 is 2.46 bits per heavy atom. The van der Waals surface area contributed by atoms with Gasteiger partial charge >= 0.3 is 0 Å². The Kier molecular flexibility index (Phi) is 6.10. The van der Waals surface area contributed by atoms with E-state index in [1.807, 2.05) is 25.1 Å². The lowest BCUT2D eigenvalue weighted by Crippen LogP contribution is -2.07. The van der Waals surface area contributed by atoms with E-state index >= 15 is 0 Å². The Hall–Kier alpha value is -0.930. The maximum Gasteiger partial charge on any atom is 0.143 e. The minimum Gasteiger partial charge on any atom is -0.495 e. The maximum absolute atomic E-state index is 5.25. The molecule has 0 amide bonds. The fourth-order valence-electron chi connectivity index (χ4n) is 0.918. The van der Waals surface area contributed by atoms with Gasteiger partial charge in [-0.3, -0.25) is 5.84 Å².